The van der Waals surface area contributed by atoms with Crippen molar-refractivity contribution >= 4 is 11.4 Å². The Balaban J connectivity index is 1.47. The molecule has 1 aliphatic rings. The van der Waals surface area contributed by atoms with Crippen molar-refractivity contribution in [3.63, 3.8) is 0 Å². The summed E-state index contributed by atoms with van der Waals surface area (Å²) in [5.41, 5.74) is 7.14. The van der Waals surface area contributed by atoms with Crippen LogP contribution in [0, 0.1) is 0 Å². The minimum Gasteiger partial charge on any atom is -0.497 e. The zero-order chi connectivity index (χ0) is 24.3. The van der Waals surface area contributed by atoms with Gasteiger partial charge in [-0.2, -0.15) is 10.2 Å². The summed E-state index contributed by atoms with van der Waals surface area (Å²) >= 11 is 0. The molecule has 0 bridgehead atoms. The molecule has 5 aromatic rings. The van der Waals surface area contributed by atoms with Crippen LogP contribution in [0.2, 0.25) is 0 Å². The molecule has 6 heteroatoms. The fourth-order valence-corrected chi connectivity index (χ4v) is 4.60. The van der Waals surface area contributed by atoms with Gasteiger partial charge in [-0.1, -0.05) is 36.4 Å². The first-order valence-corrected chi connectivity index (χ1v) is 11.9. The minimum absolute atomic E-state index is 0.0304. The fourth-order valence-electron chi connectivity index (χ4n) is 4.60. The molecule has 0 spiro atoms. The first kappa shape index (κ1) is 21.8. The van der Waals surface area contributed by atoms with E-state index in [0.29, 0.717) is 0 Å². The highest BCUT2D eigenvalue weighted by Gasteiger charge is 2.33. The van der Waals surface area contributed by atoms with Gasteiger partial charge in [-0.3, -0.25) is 9.99 Å². The topological polar surface area (TPSA) is 55.5 Å². The molecule has 0 N–H and O–H groups in total. The Bertz CT molecular complexity index is 1480. The van der Waals surface area contributed by atoms with Gasteiger partial charge in [0, 0.05) is 36.1 Å². The van der Waals surface area contributed by atoms with Gasteiger partial charge < -0.3 is 4.74 Å². The van der Waals surface area contributed by atoms with E-state index in [4.69, 9.17) is 14.9 Å². The quantitative estimate of drug-likeness (QED) is 0.292. The lowest BCUT2D eigenvalue weighted by atomic mass is 9.96. The lowest BCUT2D eigenvalue weighted by Gasteiger charge is -2.23. The zero-order valence-electron chi connectivity index (χ0n) is 19.9. The van der Waals surface area contributed by atoms with E-state index in [1.54, 1.807) is 13.3 Å². The van der Waals surface area contributed by atoms with Gasteiger partial charge in [-0.15, -0.1) is 0 Å². The minimum atomic E-state index is -0.0304. The molecule has 0 aliphatic carbocycles. The summed E-state index contributed by atoms with van der Waals surface area (Å²) < 4.78 is 7.31. The number of hydrazone groups is 1. The van der Waals surface area contributed by atoms with E-state index >= 15 is 0 Å². The van der Waals surface area contributed by atoms with E-state index in [9.17, 15) is 0 Å². The number of pyridine rings is 1. The number of nitrogens with zero attached hydrogens (tertiary/aromatic N) is 5. The van der Waals surface area contributed by atoms with Crippen molar-refractivity contribution in [3.8, 4) is 22.7 Å². The maximum atomic E-state index is 5.36. The predicted octanol–water partition coefficient (Wildman–Crippen LogP) is 6.30. The monoisotopic (exact) mass is 471 g/mol. The predicted molar refractivity (Wildman–Crippen MR) is 143 cm³/mol. The normalized spacial score (nSPS) is 15.1. The summed E-state index contributed by atoms with van der Waals surface area (Å²) in [7, 11) is 1.68. The Morgan fingerprint density at radius 3 is 2.17 bits per heavy atom. The smallest absolute Gasteiger partial charge is 0.118 e. The third-order valence-electron chi connectivity index (χ3n) is 6.41. The molecule has 6 nitrogen and oxygen atoms in total. The van der Waals surface area contributed by atoms with Crippen molar-refractivity contribution in [2.75, 3.05) is 12.1 Å². The molecule has 36 heavy (non-hydrogen) atoms. The molecular weight excluding hydrogens is 446 g/mol. The van der Waals surface area contributed by atoms with Crippen LogP contribution in [0.5, 0.6) is 5.75 Å². The van der Waals surface area contributed by atoms with Gasteiger partial charge in [0.05, 0.1) is 35.9 Å². The van der Waals surface area contributed by atoms with Gasteiger partial charge >= 0.3 is 0 Å². The van der Waals surface area contributed by atoms with Gasteiger partial charge in [0.25, 0.3) is 0 Å². The van der Waals surface area contributed by atoms with Crippen molar-refractivity contribution in [1.29, 1.82) is 0 Å². The van der Waals surface area contributed by atoms with E-state index in [-0.39, 0.29) is 6.04 Å². The summed E-state index contributed by atoms with van der Waals surface area (Å²) in [5.74, 6) is 0.830. The molecule has 0 radical (unpaired) electrons. The molecule has 6 rings (SSSR count). The third-order valence-corrected chi connectivity index (χ3v) is 6.41. The number of ether oxygens (including phenoxy) is 1. The molecular formula is C30H25N5O. The average molecular weight is 472 g/mol. The van der Waals surface area contributed by atoms with E-state index in [1.165, 1.54) is 0 Å². The molecule has 176 valence electrons. The van der Waals surface area contributed by atoms with Crippen LogP contribution in [-0.4, -0.2) is 27.6 Å². The lowest BCUT2D eigenvalue weighted by Crippen LogP contribution is -2.18. The molecule has 1 aliphatic heterocycles. The summed E-state index contributed by atoms with van der Waals surface area (Å²) in [6, 6.07) is 32.6. The van der Waals surface area contributed by atoms with Gasteiger partial charge in [0.2, 0.25) is 0 Å². The molecule has 2 aromatic heterocycles. The first-order valence-electron chi connectivity index (χ1n) is 11.9. The molecule has 3 heterocycles. The van der Waals surface area contributed by atoms with Crippen LogP contribution in [0.4, 0.5) is 5.69 Å². The zero-order valence-corrected chi connectivity index (χ0v) is 19.9. The van der Waals surface area contributed by atoms with Crippen LogP contribution in [0.3, 0.4) is 0 Å². The van der Waals surface area contributed by atoms with Gasteiger partial charge in [0.1, 0.15) is 5.75 Å². The SMILES string of the molecule is COc1ccc(C2=NN(c3ccccc3)[C@@H](c3cn(-c4ccccc4)nc3-c3cccnc3)C2)cc1. The Morgan fingerprint density at radius 2 is 1.50 bits per heavy atom. The molecule has 0 fully saturated rings. The van der Waals surface area contributed by atoms with Crippen LogP contribution in [0.15, 0.2) is 121 Å². The van der Waals surface area contributed by atoms with Crippen molar-refractivity contribution in [1.82, 2.24) is 14.8 Å². The molecule has 0 saturated carbocycles. The summed E-state index contributed by atoms with van der Waals surface area (Å²) in [6.45, 7) is 0. The number of hydrogen-bond acceptors (Lipinski definition) is 5. The molecule has 0 amide bonds. The van der Waals surface area contributed by atoms with Crippen LogP contribution in [0.25, 0.3) is 16.9 Å². The molecule has 0 saturated heterocycles. The van der Waals surface area contributed by atoms with Gasteiger partial charge in [-0.25, -0.2) is 4.68 Å². The number of methoxy groups -OCH3 is 1. The average Bonchev–Trinajstić information content (AvgIpc) is 3.60. The van der Waals surface area contributed by atoms with E-state index in [2.05, 4.69) is 58.7 Å². The fraction of sp³-hybridized carbons (Fsp3) is 0.100. The second-order valence-electron chi connectivity index (χ2n) is 8.63. The lowest BCUT2D eigenvalue weighted by molar-refractivity contribution is 0.415. The number of hydrogen-bond donors (Lipinski definition) is 0. The third kappa shape index (κ3) is 4.14. The van der Waals surface area contributed by atoms with E-state index < -0.39 is 0 Å². The standard InChI is InChI=1S/C30H25N5O/c1-36-26-16-14-22(15-17-26)28-19-29(35(32-28)25-12-6-3-7-13-25)27-21-34(24-10-4-2-5-11-24)33-30(27)23-9-8-18-31-20-23/h2-18,20-21,29H,19H2,1H3/t29-/m1/s1. The molecule has 0 unspecified atom stereocenters. The summed E-state index contributed by atoms with van der Waals surface area (Å²) in [6.07, 6.45) is 6.53. The Hall–Kier alpha value is -4.71. The summed E-state index contributed by atoms with van der Waals surface area (Å²) in [4.78, 5) is 4.36. The van der Waals surface area contributed by atoms with Crippen molar-refractivity contribution in [2.24, 2.45) is 5.10 Å². The number of para-hydroxylation sites is 2. The maximum absolute atomic E-state index is 5.36. The second-order valence-corrected chi connectivity index (χ2v) is 8.63. The van der Waals surface area contributed by atoms with Crippen LogP contribution < -0.4 is 9.75 Å². The second kappa shape index (κ2) is 9.50. The van der Waals surface area contributed by atoms with Crippen LogP contribution in [-0.2, 0) is 0 Å². The number of benzene rings is 3. The van der Waals surface area contributed by atoms with E-state index in [1.807, 2.05) is 65.5 Å². The van der Waals surface area contributed by atoms with Crippen molar-refractivity contribution in [3.05, 3.63) is 127 Å². The van der Waals surface area contributed by atoms with Crippen LogP contribution in [0.1, 0.15) is 23.6 Å². The Morgan fingerprint density at radius 1 is 0.778 bits per heavy atom. The highest BCUT2D eigenvalue weighted by atomic mass is 16.5. The maximum Gasteiger partial charge on any atom is 0.118 e. The van der Waals surface area contributed by atoms with Gasteiger partial charge in [-0.05, 0) is 66.2 Å². The largest absolute Gasteiger partial charge is 0.497 e. The van der Waals surface area contributed by atoms with Crippen molar-refractivity contribution < 1.29 is 4.74 Å². The highest BCUT2D eigenvalue weighted by Crippen LogP contribution is 2.40. The van der Waals surface area contributed by atoms with E-state index in [0.717, 1.165) is 51.6 Å². The Kier molecular flexibility index (Phi) is 5.75. The molecule has 3 aromatic carbocycles. The number of rotatable bonds is 6. The first-order chi connectivity index (χ1) is 17.8. The Labute approximate surface area is 210 Å². The van der Waals surface area contributed by atoms with Crippen LogP contribution >= 0.6 is 0 Å². The van der Waals surface area contributed by atoms with Gasteiger partial charge in [0.15, 0.2) is 0 Å². The molecule has 1 atom stereocenters. The highest BCUT2D eigenvalue weighted by molar-refractivity contribution is 6.03. The number of anilines is 1. The summed E-state index contributed by atoms with van der Waals surface area (Å²) in [5, 5.41) is 12.3. The number of aromatic nitrogens is 3. The van der Waals surface area contributed by atoms with Crippen molar-refractivity contribution in [2.45, 2.75) is 12.5 Å².